The lowest BCUT2D eigenvalue weighted by Gasteiger charge is -2.25. The Bertz CT molecular complexity index is 892. The SMILES string of the molecule is Cn1c(-c2nc(CC3CNC3)no2)cc2cc(C(F)(F)F)ccc21. The zero-order valence-electron chi connectivity index (χ0n) is 12.9. The second-order valence-electron chi connectivity index (χ2n) is 6.10. The number of hydrogen-bond acceptors (Lipinski definition) is 4. The molecule has 1 saturated heterocycles. The summed E-state index contributed by atoms with van der Waals surface area (Å²) >= 11 is 0. The van der Waals surface area contributed by atoms with Crippen molar-refractivity contribution in [1.82, 2.24) is 20.0 Å². The lowest BCUT2D eigenvalue weighted by Crippen LogP contribution is -2.43. The molecule has 1 aliphatic heterocycles. The van der Waals surface area contributed by atoms with Crippen LogP contribution >= 0.6 is 0 Å². The van der Waals surface area contributed by atoms with Crippen LogP contribution in [-0.4, -0.2) is 27.8 Å². The predicted octanol–water partition coefficient (Wildman–Crippen LogP) is 3.01. The van der Waals surface area contributed by atoms with Crippen molar-refractivity contribution >= 4 is 10.9 Å². The minimum atomic E-state index is -4.36. The highest BCUT2D eigenvalue weighted by atomic mass is 19.4. The molecule has 4 rings (SSSR count). The van der Waals surface area contributed by atoms with Crippen LogP contribution in [0.15, 0.2) is 28.8 Å². The van der Waals surface area contributed by atoms with Gasteiger partial charge in [0.2, 0.25) is 0 Å². The van der Waals surface area contributed by atoms with Gasteiger partial charge in [0.15, 0.2) is 5.82 Å². The topological polar surface area (TPSA) is 55.9 Å². The predicted molar refractivity (Wildman–Crippen MR) is 81.3 cm³/mol. The van der Waals surface area contributed by atoms with Crippen LogP contribution in [0.3, 0.4) is 0 Å². The first-order chi connectivity index (χ1) is 11.4. The summed E-state index contributed by atoms with van der Waals surface area (Å²) in [6.07, 6.45) is -3.63. The monoisotopic (exact) mass is 336 g/mol. The van der Waals surface area contributed by atoms with Crippen LogP contribution in [0.1, 0.15) is 11.4 Å². The minimum absolute atomic E-state index is 0.324. The molecule has 0 unspecified atom stereocenters. The van der Waals surface area contributed by atoms with Crippen LogP contribution in [0.4, 0.5) is 13.2 Å². The second-order valence-corrected chi connectivity index (χ2v) is 6.10. The van der Waals surface area contributed by atoms with Gasteiger partial charge in [-0.25, -0.2) is 0 Å². The molecule has 0 amide bonds. The number of halogens is 3. The third-order valence-electron chi connectivity index (χ3n) is 4.39. The van der Waals surface area contributed by atoms with Crippen LogP contribution in [0, 0.1) is 5.92 Å². The first-order valence-corrected chi connectivity index (χ1v) is 7.62. The van der Waals surface area contributed by atoms with Gasteiger partial charge in [0.25, 0.3) is 5.89 Å². The summed E-state index contributed by atoms with van der Waals surface area (Å²) in [6.45, 7) is 1.89. The fourth-order valence-corrected chi connectivity index (χ4v) is 2.92. The highest BCUT2D eigenvalue weighted by Gasteiger charge is 2.31. The number of nitrogens with zero attached hydrogens (tertiary/aromatic N) is 3. The van der Waals surface area contributed by atoms with Gasteiger partial charge in [0, 0.05) is 24.4 Å². The van der Waals surface area contributed by atoms with Crippen molar-refractivity contribution < 1.29 is 17.7 Å². The van der Waals surface area contributed by atoms with Gasteiger partial charge in [-0.05, 0) is 43.3 Å². The van der Waals surface area contributed by atoms with Gasteiger partial charge in [0.1, 0.15) is 5.69 Å². The van der Waals surface area contributed by atoms with E-state index in [1.807, 2.05) is 0 Å². The third kappa shape index (κ3) is 2.56. The first kappa shape index (κ1) is 15.2. The molecule has 2 aromatic heterocycles. The largest absolute Gasteiger partial charge is 0.416 e. The molecule has 3 aromatic rings. The van der Waals surface area contributed by atoms with Gasteiger partial charge in [0.05, 0.1) is 5.56 Å². The van der Waals surface area contributed by atoms with Gasteiger partial charge >= 0.3 is 6.18 Å². The number of rotatable bonds is 3. The summed E-state index contributed by atoms with van der Waals surface area (Å²) in [5.41, 5.74) is 0.617. The number of benzene rings is 1. The van der Waals surface area contributed by atoms with E-state index in [0.717, 1.165) is 31.6 Å². The number of nitrogens with one attached hydrogen (secondary N) is 1. The first-order valence-electron chi connectivity index (χ1n) is 7.62. The van der Waals surface area contributed by atoms with Crippen molar-refractivity contribution in [2.45, 2.75) is 12.6 Å². The molecule has 0 radical (unpaired) electrons. The summed E-state index contributed by atoms with van der Waals surface area (Å²) < 4.78 is 45.6. The Labute approximate surface area is 135 Å². The van der Waals surface area contributed by atoms with E-state index in [0.29, 0.717) is 34.2 Å². The van der Waals surface area contributed by atoms with E-state index in [1.54, 1.807) is 17.7 Å². The van der Waals surface area contributed by atoms with E-state index in [4.69, 9.17) is 4.52 Å². The van der Waals surface area contributed by atoms with Gasteiger partial charge in [-0.3, -0.25) is 0 Å². The molecule has 3 heterocycles. The van der Waals surface area contributed by atoms with E-state index in [-0.39, 0.29) is 0 Å². The van der Waals surface area contributed by atoms with Crippen LogP contribution in [-0.2, 0) is 19.6 Å². The van der Waals surface area contributed by atoms with Gasteiger partial charge in [-0.15, -0.1) is 0 Å². The van der Waals surface area contributed by atoms with E-state index in [9.17, 15) is 13.2 Å². The molecule has 0 spiro atoms. The number of aromatic nitrogens is 3. The van der Waals surface area contributed by atoms with E-state index < -0.39 is 11.7 Å². The average molecular weight is 336 g/mol. The Hall–Kier alpha value is -2.35. The molecule has 1 aliphatic rings. The van der Waals surface area contributed by atoms with Crippen LogP contribution in [0.2, 0.25) is 0 Å². The third-order valence-corrected chi connectivity index (χ3v) is 4.39. The van der Waals surface area contributed by atoms with Crippen molar-refractivity contribution in [2.75, 3.05) is 13.1 Å². The van der Waals surface area contributed by atoms with Crippen molar-refractivity contribution in [2.24, 2.45) is 13.0 Å². The fraction of sp³-hybridized carbons (Fsp3) is 0.375. The molecule has 1 fully saturated rings. The fourth-order valence-electron chi connectivity index (χ4n) is 2.92. The molecule has 5 nitrogen and oxygen atoms in total. The lowest BCUT2D eigenvalue weighted by atomic mass is 9.99. The van der Waals surface area contributed by atoms with Crippen LogP contribution in [0.5, 0.6) is 0 Å². The number of alkyl halides is 3. The maximum Gasteiger partial charge on any atom is 0.416 e. The molecule has 1 N–H and O–H groups in total. The molecule has 8 heteroatoms. The molecule has 0 saturated carbocycles. The van der Waals surface area contributed by atoms with E-state index >= 15 is 0 Å². The summed E-state index contributed by atoms with van der Waals surface area (Å²) in [5, 5.41) is 7.65. The van der Waals surface area contributed by atoms with Gasteiger partial charge in [-0.1, -0.05) is 5.16 Å². The number of fused-ring (bicyclic) bond motifs is 1. The molecule has 126 valence electrons. The minimum Gasteiger partial charge on any atom is -0.340 e. The normalized spacial score (nSPS) is 15.8. The Morgan fingerprint density at radius 2 is 2.08 bits per heavy atom. The summed E-state index contributed by atoms with van der Waals surface area (Å²) in [5.74, 6) is 1.46. The quantitative estimate of drug-likeness (QED) is 0.799. The highest BCUT2D eigenvalue weighted by Crippen LogP contribution is 2.33. The maximum atomic E-state index is 12.9. The average Bonchev–Trinajstić information content (AvgIpc) is 3.07. The Morgan fingerprint density at radius 1 is 1.29 bits per heavy atom. The molecule has 0 atom stereocenters. The van der Waals surface area contributed by atoms with Crippen molar-refractivity contribution in [1.29, 1.82) is 0 Å². The Kier molecular flexibility index (Phi) is 3.38. The maximum absolute atomic E-state index is 12.9. The summed E-state index contributed by atoms with van der Waals surface area (Å²) in [4.78, 5) is 4.38. The Morgan fingerprint density at radius 3 is 2.75 bits per heavy atom. The zero-order chi connectivity index (χ0) is 16.9. The summed E-state index contributed by atoms with van der Waals surface area (Å²) in [7, 11) is 1.77. The number of aryl methyl sites for hydroxylation is 1. The van der Waals surface area contributed by atoms with Crippen molar-refractivity contribution in [3.8, 4) is 11.6 Å². The van der Waals surface area contributed by atoms with Crippen LogP contribution in [0.25, 0.3) is 22.5 Å². The summed E-state index contributed by atoms with van der Waals surface area (Å²) in [6, 6.07) is 5.32. The van der Waals surface area contributed by atoms with Gasteiger partial charge in [-0.2, -0.15) is 18.2 Å². The molecule has 1 aromatic carbocycles. The van der Waals surface area contributed by atoms with E-state index in [1.165, 1.54) is 6.07 Å². The molecule has 24 heavy (non-hydrogen) atoms. The van der Waals surface area contributed by atoms with Crippen LogP contribution < -0.4 is 5.32 Å². The van der Waals surface area contributed by atoms with Crippen molar-refractivity contribution in [3.05, 3.63) is 35.7 Å². The number of hydrogen-bond donors (Lipinski definition) is 1. The van der Waals surface area contributed by atoms with Gasteiger partial charge < -0.3 is 14.4 Å². The lowest BCUT2D eigenvalue weighted by molar-refractivity contribution is -0.137. The molecule has 0 aliphatic carbocycles. The Balaban J connectivity index is 1.69. The highest BCUT2D eigenvalue weighted by molar-refractivity contribution is 5.86. The standard InChI is InChI=1S/C16H15F3N4O/c1-23-12-3-2-11(16(17,18)19)5-10(12)6-13(23)15-21-14(22-24-15)4-9-7-20-8-9/h2-3,5-6,9,20H,4,7-8H2,1H3. The molecular weight excluding hydrogens is 321 g/mol. The van der Waals surface area contributed by atoms with E-state index in [2.05, 4.69) is 15.5 Å². The smallest absolute Gasteiger partial charge is 0.340 e. The zero-order valence-corrected chi connectivity index (χ0v) is 12.9. The molecular formula is C16H15F3N4O. The van der Waals surface area contributed by atoms with Crippen molar-refractivity contribution in [3.63, 3.8) is 0 Å². The molecule has 0 bridgehead atoms. The second kappa shape index (κ2) is 5.34.